The molecule has 1 aliphatic rings. The molecule has 2 rings (SSSR count). The van der Waals surface area contributed by atoms with Gasteiger partial charge in [-0.25, -0.2) is 4.98 Å². The lowest BCUT2D eigenvalue weighted by molar-refractivity contribution is -0.176. The quantitative estimate of drug-likeness (QED) is 0.925. The molecule has 6 heteroatoms. The number of nitrogens with one attached hydrogen (secondary N) is 1. The summed E-state index contributed by atoms with van der Waals surface area (Å²) in [6.07, 6.45) is -1.58. The lowest BCUT2D eigenvalue weighted by atomic mass is 9.97. The van der Waals surface area contributed by atoms with Gasteiger partial charge < -0.3 is 10.2 Å². The third-order valence-electron chi connectivity index (χ3n) is 3.87. The van der Waals surface area contributed by atoms with E-state index >= 15 is 0 Å². The summed E-state index contributed by atoms with van der Waals surface area (Å²) in [5, 5.41) is 3.22. The predicted octanol–water partition coefficient (Wildman–Crippen LogP) is 3.28. The highest BCUT2D eigenvalue weighted by atomic mass is 19.4. The SMILES string of the molecule is CCNCc1cnc(N2CCCC(C(F)(F)F)C2)c(C)c1. The van der Waals surface area contributed by atoms with E-state index < -0.39 is 12.1 Å². The molecular formula is C15H22F3N3. The van der Waals surface area contributed by atoms with Gasteiger partial charge in [-0.05, 0) is 43.5 Å². The number of anilines is 1. The Morgan fingerprint density at radius 3 is 2.81 bits per heavy atom. The molecule has 1 unspecified atom stereocenters. The van der Waals surface area contributed by atoms with E-state index in [4.69, 9.17) is 0 Å². The molecule has 1 saturated heterocycles. The second kappa shape index (κ2) is 6.64. The van der Waals surface area contributed by atoms with Crippen LogP contribution in [-0.2, 0) is 6.54 Å². The third-order valence-corrected chi connectivity index (χ3v) is 3.87. The maximum absolute atomic E-state index is 12.9. The van der Waals surface area contributed by atoms with Crippen molar-refractivity contribution >= 4 is 5.82 Å². The van der Waals surface area contributed by atoms with Crippen molar-refractivity contribution in [2.45, 2.75) is 39.4 Å². The lowest BCUT2D eigenvalue weighted by Crippen LogP contribution is -2.42. The summed E-state index contributed by atoms with van der Waals surface area (Å²) < 4.78 is 38.6. The van der Waals surface area contributed by atoms with Gasteiger partial charge in [-0.3, -0.25) is 0 Å². The molecule has 21 heavy (non-hydrogen) atoms. The van der Waals surface area contributed by atoms with Crippen LogP contribution in [0.15, 0.2) is 12.3 Å². The minimum Gasteiger partial charge on any atom is -0.356 e. The van der Waals surface area contributed by atoms with Gasteiger partial charge in [0.1, 0.15) is 5.82 Å². The molecule has 1 aromatic heterocycles. The Hall–Kier alpha value is -1.30. The maximum atomic E-state index is 12.9. The van der Waals surface area contributed by atoms with Crippen LogP contribution in [0.4, 0.5) is 19.0 Å². The van der Waals surface area contributed by atoms with Crippen molar-refractivity contribution in [3.63, 3.8) is 0 Å². The number of nitrogens with zero attached hydrogens (tertiary/aromatic N) is 2. The zero-order valence-corrected chi connectivity index (χ0v) is 12.5. The van der Waals surface area contributed by atoms with Crippen LogP contribution in [0, 0.1) is 12.8 Å². The first-order valence-corrected chi connectivity index (χ1v) is 7.39. The van der Waals surface area contributed by atoms with E-state index in [1.807, 2.05) is 19.9 Å². The van der Waals surface area contributed by atoms with Gasteiger partial charge in [0.05, 0.1) is 5.92 Å². The van der Waals surface area contributed by atoms with Crippen LogP contribution in [0.2, 0.25) is 0 Å². The van der Waals surface area contributed by atoms with Crippen LogP contribution >= 0.6 is 0 Å². The Labute approximate surface area is 123 Å². The summed E-state index contributed by atoms with van der Waals surface area (Å²) in [7, 11) is 0. The van der Waals surface area contributed by atoms with Gasteiger partial charge in [0, 0.05) is 25.8 Å². The summed E-state index contributed by atoms with van der Waals surface area (Å²) in [6, 6.07) is 2.00. The van der Waals surface area contributed by atoms with Crippen LogP contribution in [0.1, 0.15) is 30.9 Å². The lowest BCUT2D eigenvalue weighted by Gasteiger charge is -2.35. The normalized spacial score (nSPS) is 19.9. The molecule has 1 N–H and O–H groups in total. The van der Waals surface area contributed by atoms with Crippen molar-refractivity contribution in [3.05, 3.63) is 23.4 Å². The first-order valence-electron chi connectivity index (χ1n) is 7.39. The molecule has 2 heterocycles. The fourth-order valence-electron chi connectivity index (χ4n) is 2.76. The van der Waals surface area contributed by atoms with Gasteiger partial charge in [-0.2, -0.15) is 13.2 Å². The summed E-state index contributed by atoms with van der Waals surface area (Å²) in [4.78, 5) is 6.16. The van der Waals surface area contributed by atoms with Gasteiger partial charge in [0.25, 0.3) is 0 Å². The number of rotatable bonds is 4. The fraction of sp³-hybridized carbons (Fsp3) is 0.667. The molecule has 118 valence electrons. The summed E-state index contributed by atoms with van der Waals surface area (Å²) in [5.41, 5.74) is 2.00. The maximum Gasteiger partial charge on any atom is 0.393 e. The molecule has 0 spiro atoms. The number of aryl methyl sites for hydroxylation is 1. The summed E-state index contributed by atoms with van der Waals surface area (Å²) in [5.74, 6) is -0.557. The second-order valence-corrected chi connectivity index (χ2v) is 5.59. The number of hydrogen-bond donors (Lipinski definition) is 1. The van der Waals surface area contributed by atoms with E-state index in [0.717, 1.165) is 24.2 Å². The highest BCUT2D eigenvalue weighted by Crippen LogP contribution is 2.35. The molecule has 0 bridgehead atoms. The molecule has 0 saturated carbocycles. The molecule has 1 fully saturated rings. The number of halogens is 3. The Bertz CT molecular complexity index is 474. The smallest absolute Gasteiger partial charge is 0.356 e. The van der Waals surface area contributed by atoms with Crippen LogP contribution in [0.5, 0.6) is 0 Å². The van der Waals surface area contributed by atoms with Crippen molar-refractivity contribution in [3.8, 4) is 0 Å². The van der Waals surface area contributed by atoms with Crippen LogP contribution in [0.3, 0.4) is 0 Å². The number of alkyl halides is 3. The van der Waals surface area contributed by atoms with E-state index in [2.05, 4.69) is 10.3 Å². The zero-order valence-electron chi connectivity index (χ0n) is 12.5. The Morgan fingerprint density at radius 2 is 2.19 bits per heavy atom. The topological polar surface area (TPSA) is 28.2 Å². The summed E-state index contributed by atoms with van der Waals surface area (Å²) in [6.45, 7) is 6.21. The monoisotopic (exact) mass is 301 g/mol. The number of piperidine rings is 1. The molecule has 0 aliphatic carbocycles. The molecule has 3 nitrogen and oxygen atoms in total. The van der Waals surface area contributed by atoms with E-state index in [9.17, 15) is 13.2 Å². The van der Waals surface area contributed by atoms with Gasteiger partial charge in [-0.15, -0.1) is 0 Å². The number of pyridine rings is 1. The molecular weight excluding hydrogens is 279 g/mol. The minimum absolute atomic E-state index is 0.0178. The predicted molar refractivity (Wildman–Crippen MR) is 77.3 cm³/mol. The van der Waals surface area contributed by atoms with Gasteiger partial charge in [-0.1, -0.05) is 6.92 Å². The van der Waals surface area contributed by atoms with E-state index in [1.165, 1.54) is 0 Å². The third kappa shape index (κ3) is 4.09. The fourth-order valence-corrected chi connectivity index (χ4v) is 2.76. The van der Waals surface area contributed by atoms with Gasteiger partial charge in [0.2, 0.25) is 0 Å². The standard InChI is InChI=1S/C15H22F3N3/c1-3-19-8-12-7-11(2)14(20-9-12)21-6-4-5-13(10-21)15(16,17)18/h7,9,13,19H,3-6,8,10H2,1-2H3. The summed E-state index contributed by atoms with van der Waals surface area (Å²) >= 11 is 0. The molecule has 0 aromatic carbocycles. The van der Waals surface area contributed by atoms with Crippen LogP contribution < -0.4 is 10.2 Å². The largest absolute Gasteiger partial charge is 0.393 e. The van der Waals surface area contributed by atoms with Crippen molar-refractivity contribution in [1.82, 2.24) is 10.3 Å². The van der Waals surface area contributed by atoms with Crippen LogP contribution in [0.25, 0.3) is 0 Å². The average molecular weight is 301 g/mol. The van der Waals surface area contributed by atoms with Crippen molar-refractivity contribution < 1.29 is 13.2 Å². The molecule has 1 aliphatic heterocycles. The number of aromatic nitrogens is 1. The highest BCUT2D eigenvalue weighted by Gasteiger charge is 2.42. The molecule has 0 amide bonds. The first-order chi connectivity index (χ1) is 9.91. The molecule has 0 radical (unpaired) electrons. The second-order valence-electron chi connectivity index (χ2n) is 5.59. The first kappa shape index (κ1) is 16.1. The Morgan fingerprint density at radius 1 is 1.43 bits per heavy atom. The van der Waals surface area contributed by atoms with Crippen molar-refractivity contribution in [2.24, 2.45) is 5.92 Å². The van der Waals surface area contributed by atoms with Gasteiger partial charge in [0.15, 0.2) is 0 Å². The number of hydrogen-bond acceptors (Lipinski definition) is 3. The van der Waals surface area contributed by atoms with Crippen molar-refractivity contribution in [1.29, 1.82) is 0 Å². The van der Waals surface area contributed by atoms with E-state index in [1.54, 1.807) is 11.1 Å². The van der Waals surface area contributed by atoms with Crippen molar-refractivity contribution in [2.75, 3.05) is 24.5 Å². The average Bonchev–Trinajstić information content (AvgIpc) is 2.44. The van der Waals surface area contributed by atoms with E-state index in [-0.39, 0.29) is 13.0 Å². The Kier molecular flexibility index (Phi) is 5.08. The zero-order chi connectivity index (χ0) is 15.5. The molecule has 1 aromatic rings. The minimum atomic E-state index is -4.11. The highest BCUT2D eigenvalue weighted by molar-refractivity contribution is 5.47. The Balaban J connectivity index is 2.10. The van der Waals surface area contributed by atoms with Gasteiger partial charge >= 0.3 is 6.18 Å². The molecule has 1 atom stereocenters. The van der Waals surface area contributed by atoms with E-state index in [0.29, 0.717) is 18.8 Å². The van der Waals surface area contributed by atoms with Crippen LogP contribution in [-0.4, -0.2) is 30.8 Å².